The van der Waals surface area contributed by atoms with Gasteiger partial charge in [-0.15, -0.1) is 11.3 Å². The van der Waals surface area contributed by atoms with E-state index in [2.05, 4.69) is 9.97 Å². The number of halogens is 2. The molecule has 0 bridgehead atoms. The Balaban J connectivity index is 1.21. The second kappa shape index (κ2) is 7.51. The topological polar surface area (TPSA) is 75.6 Å². The molecule has 0 radical (unpaired) electrons. The number of carbonyl (C=O) groups excluding carboxylic acids is 2. The maximum atomic E-state index is 13.9. The van der Waals surface area contributed by atoms with E-state index in [0.29, 0.717) is 54.9 Å². The molecule has 1 aromatic carbocycles. The first-order chi connectivity index (χ1) is 16.3. The molecular weight excluding hydrogens is 462 g/mol. The van der Waals surface area contributed by atoms with Gasteiger partial charge in [-0.1, -0.05) is 0 Å². The molecule has 3 aromatic rings. The number of thiazole rings is 1. The number of carbonyl (C=O) groups is 2. The number of amides is 2. The van der Waals surface area contributed by atoms with Crippen molar-refractivity contribution in [1.82, 2.24) is 19.8 Å². The van der Waals surface area contributed by atoms with Gasteiger partial charge in [0.05, 0.1) is 16.9 Å². The lowest BCUT2D eigenvalue weighted by Crippen LogP contribution is -2.51. The van der Waals surface area contributed by atoms with Gasteiger partial charge in [0.2, 0.25) is 0 Å². The van der Waals surface area contributed by atoms with Crippen LogP contribution in [0.2, 0.25) is 0 Å². The summed E-state index contributed by atoms with van der Waals surface area (Å²) in [6, 6.07) is 4.78. The summed E-state index contributed by atoms with van der Waals surface area (Å²) in [4.78, 5) is 38.6. The van der Waals surface area contributed by atoms with Crippen LogP contribution in [0, 0.1) is 11.6 Å². The summed E-state index contributed by atoms with van der Waals surface area (Å²) in [5.41, 5.74) is -0.746. The van der Waals surface area contributed by atoms with E-state index in [-0.39, 0.29) is 11.8 Å². The van der Waals surface area contributed by atoms with E-state index in [4.69, 9.17) is 4.74 Å². The van der Waals surface area contributed by atoms with Crippen molar-refractivity contribution in [2.45, 2.75) is 50.0 Å². The fourth-order valence-corrected chi connectivity index (χ4v) is 6.50. The van der Waals surface area contributed by atoms with Crippen LogP contribution in [0.4, 0.5) is 8.78 Å². The van der Waals surface area contributed by atoms with Crippen molar-refractivity contribution in [2.75, 3.05) is 13.1 Å². The van der Waals surface area contributed by atoms with Gasteiger partial charge >= 0.3 is 0 Å². The molecule has 176 valence electrons. The lowest BCUT2D eigenvalue weighted by atomic mass is 9.89. The van der Waals surface area contributed by atoms with Gasteiger partial charge < -0.3 is 14.5 Å². The van der Waals surface area contributed by atoms with Crippen LogP contribution >= 0.6 is 11.3 Å². The fourth-order valence-electron chi connectivity index (χ4n) is 5.60. The molecule has 3 fully saturated rings. The number of nitrogens with zero attached hydrogens (tertiary/aromatic N) is 4. The Kier molecular flexibility index (Phi) is 4.76. The Hall–Kier alpha value is -2.98. The first-order valence-electron chi connectivity index (χ1n) is 11.3. The standard InChI is InChI=1S/C24H22F2N4O3S/c1-23-4-2-18(14-10-15(25)12-16(26)11-14)30(23)22(32)24(33-23)5-8-29(9-6-24)21(31)20-28-17-13-27-7-3-19(17)34-20/h3,7,10-13,18H,2,4-6,8-9H2,1H3/t18-,23?/m0/s1. The number of ether oxygens (including phenoxy) is 1. The normalized spacial score (nSPS) is 26.0. The van der Waals surface area contributed by atoms with Gasteiger partial charge in [-0.05, 0) is 43.5 Å². The van der Waals surface area contributed by atoms with Gasteiger partial charge in [0.1, 0.15) is 22.9 Å². The molecule has 2 atom stereocenters. The quantitative estimate of drug-likeness (QED) is 0.549. The Labute approximate surface area is 198 Å². The molecule has 3 aliphatic rings. The van der Waals surface area contributed by atoms with Crippen LogP contribution in [0.5, 0.6) is 0 Å². The summed E-state index contributed by atoms with van der Waals surface area (Å²) in [7, 11) is 0. The van der Waals surface area contributed by atoms with Crippen LogP contribution < -0.4 is 0 Å². The molecule has 2 amide bonds. The summed E-state index contributed by atoms with van der Waals surface area (Å²) in [6.07, 6.45) is 5.17. The average Bonchev–Trinajstić information content (AvgIpc) is 3.44. The van der Waals surface area contributed by atoms with Crippen molar-refractivity contribution < 1.29 is 23.1 Å². The maximum Gasteiger partial charge on any atom is 0.282 e. The van der Waals surface area contributed by atoms with Crippen molar-refractivity contribution in [3.8, 4) is 0 Å². The molecule has 10 heteroatoms. The summed E-state index contributed by atoms with van der Waals surface area (Å²) in [6.45, 7) is 2.59. The van der Waals surface area contributed by atoms with E-state index in [1.165, 1.54) is 23.5 Å². The summed E-state index contributed by atoms with van der Waals surface area (Å²) >= 11 is 1.33. The van der Waals surface area contributed by atoms with Crippen LogP contribution in [-0.2, 0) is 9.53 Å². The zero-order valence-electron chi connectivity index (χ0n) is 18.5. The second-order valence-electron chi connectivity index (χ2n) is 9.36. The molecule has 3 saturated heterocycles. The van der Waals surface area contributed by atoms with E-state index >= 15 is 0 Å². The monoisotopic (exact) mass is 484 g/mol. The highest BCUT2D eigenvalue weighted by Crippen LogP contribution is 2.53. The maximum absolute atomic E-state index is 13.9. The van der Waals surface area contributed by atoms with Crippen molar-refractivity contribution in [2.24, 2.45) is 0 Å². The number of pyridine rings is 1. The van der Waals surface area contributed by atoms with E-state index in [1.807, 2.05) is 13.0 Å². The first kappa shape index (κ1) is 21.5. The SMILES string of the molecule is CC12CC[C@@H](c3cc(F)cc(F)c3)N1C(=O)C1(CCN(C(=O)c3nc4cnccc4s3)CC1)O2. The van der Waals surface area contributed by atoms with Gasteiger partial charge in [0.25, 0.3) is 11.8 Å². The average molecular weight is 485 g/mol. The van der Waals surface area contributed by atoms with Gasteiger partial charge in [0.15, 0.2) is 10.6 Å². The Morgan fingerprint density at radius 3 is 2.62 bits per heavy atom. The predicted molar refractivity (Wildman–Crippen MR) is 120 cm³/mol. The summed E-state index contributed by atoms with van der Waals surface area (Å²) < 4.78 is 35.1. The number of fused-ring (bicyclic) bond motifs is 2. The molecule has 0 saturated carbocycles. The molecule has 1 unspecified atom stereocenters. The minimum atomic E-state index is -1.03. The van der Waals surface area contributed by atoms with Crippen molar-refractivity contribution >= 4 is 33.4 Å². The Morgan fingerprint density at radius 2 is 1.91 bits per heavy atom. The van der Waals surface area contributed by atoms with Gasteiger partial charge in [0, 0.05) is 38.2 Å². The zero-order valence-corrected chi connectivity index (χ0v) is 19.3. The number of likely N-dealkylation sites (tertiary alicyclic amines) is 1. The third-order valence-electron chi connectivity index (χ3n) is 7.23. The molecule has 34 heavy (non-hydrogen) atoms. The van der Waals surface area contributed by atoms with Crippen LogP contribution in [0.3, 0.4) is 0 Å². The molecule has 0 aliphatic carbocycles. The molecule has 7 nitrogen and oxygen atoms in total. The van der Waals surface area contributed by atoms with Gasteiger partial charge in [-0.25, -0.2) is 13.8 Å². The van der Waals surface area contributed by atoms with Crippen LogP contribution in [0.15, 0.2) is 36.7 Å². The van der Waals surface area contributed by atoms with Crippen LogP contribution in [0.1, 0.15) is 54.0 Å². The van der Waals surface area contributed by atoms with Gasteiger partial charge in [-0.3, -0.25) is 14.6 Å². The molecule has 2 aromatic heterocycles. The largest absolute Gasteiger partial charge is 0.339 e. The van der Waals surface area contributed by atoms with E-state index in [9.17, 15) is 18.4 Å². The summed E-state index contributed by atoms with van der Waals surface area (Å²) in [5.74, 6) is -1.66. The van der Waals surface area contributed by atoms with Crippen molar-refractivity contribution in [3.63, 3.8) is 0 Å². The molecular formula is C24H22F2N4O3S. The fraction of sp³-hybridized carbons (Fsp3) is 0.417. The summed E-state index contributed by atoms with van der Waals surface area (Å²) in [5, 5.41) is 0.401. The Morgan fingerprint density at radius 1 is 1.18 bits per heavy atom. The second-order valence-corrected chi connectivity index (χ2v) is 10.4. The predicted octanol–water partition coefficient (Wildman–Crippen LogP) is 4.05. The highest BCUT2D eigenvalue weighted by Gasteiger charge is 2.63. The number of hydrogen-bond acceptors (Lipinski definition) is 6. The van der Waals surface area contributed by atoms with Crippen molar-refractivity contribution in [1.29, 1.82) is 0 Å². The minimum absolute atomic E-state index is 0.165. The number of piperidine rings is 1. The molecule has 6 rings (SSSR count). The number of hydrogen-bond donors (Lipinski definition) is 0. The molecule has 1 spiro atoms. The van der Waals surface area contributed by atoms with E-state index in [1.54, 1.807) is 22.2 Å². The lowest BCUT2D eigenvalue weighted by Gasteiger charge is -2.37. The van der Waals surface area contributed by atoms with E-state index < -0.39 is 29.0 Å². The highest BCUT2D eigenvalue weighted by atomic mass is 32.1. The van der Waals surface area contributed by atoms with Gasteiger partial charge in [-0.2, -0.15) is 0 Å². The highest BCUT2D eigenvalue weighted by molar-refractivity contribution is 7.20. The lowest BCUT2D eigenvalue weighted by molar-refractivity contribution is -0.148. The minimum Gasteiger partial charge on any atom is -0.339 e. The van der Waals surface area contributed by atoms with Crippen molar-refractivity contribution in [3.05, 3.63) is 58.9 Å². The number of aromatic nitrogens is 2. The molecule has 3 aliphatic heterocycles. The third-order valence-corrected chi connectivity index (χ3v) is 8.25. The van der Waals surface area contributed by atoms with Crippen LogP contribution in [0.25, 0.3) is 10.2 Å². The van der Waals surface area contributed by atoms with E-state index in [0.717, 1.165) is 10.8 Å². The third kappa shape index (κ3) is 3.23. The smallest absolute Gasteiger partial charge is 0.282 e. The molecule has 5 heterocycles. The number of rotatable bonds is 2. The molecule has 0 N–H and O–H groups in total. The first-order valence-corrected chi connectivity index (χ1v) is 12.1. The Bertz CT molecular complexity index is 1270. The number of benzene rings is 1. The van der Waals surface area contributed by atoms with Crippen LogP contribution in [-0.4, -0.2) is 56.0 Å². The zero-order chi connectivity index (χ0) is 23.7.